The van der Waals surface area contributed by atoms with Gasteiger partial charge in [-0.05, 0) is 24.0 Å². The molecule has 0 saturated carbocycles. The Morgan fingerprint density at radius 3 is 2.65 bits per heavy atom. The normalized spacial score (nSPS) is 19.8. The van der Waals surface area contributed by atoms with Crippen LogP contribution < -0.4 is 5.73 Å². The predicted octanol–water partition coefficient (Wildman–Crippen LogP) is 3.24. The van der Waals surface area contributed by atoms with Gasteiger partial charge in [0.1, 0.15) is 5.82 Å². The predicted molar refractivity (Wildman–Crippen MR) is 103 cm³/mol. The number of rotatable bonds is 3. The van der Waals surface area contributed by atoms with Gasteiger partial charge in [-0.15, -0.1) is 5.10 Å². The molecule has 2 N–H and O–H groups in total. The molecule has 7 heteroatoms. The summed E-state index contributed by atoms with van der Waals surface area (Å²) in [4.78, 5) is 19.4. The van der Waals surface area contributed by atoms with Gasteiger partial charge in [0.05, 0.1) is 10.7 Å². The minimum absolute atomic E-state index is 0.0893. The van der Waals surface area contributed by atoms with Crippen LogP contribution in [0.2, 0.25) is 5.02 Å². The van der Waals surface area contributed by atoms with Crippen LogP contribution >= 0.6 is 11.6 Å². The maximum Gasteiger partial charge on any atom is 0.293 e. The van der Waals surface area contributed by atoms with Gasteiger partial charge in [0.2, 0.25) is 5.82 Å². The largest absolute Gasteiger partial charge is 0.335 e. The first-order valence-corrected chi connectivity index (χ1v) is 9.35. The lowest BCUT2D eigenvalue weighted by atomic mass is 9.79. The second kappa shape index (κ2) is 7.00. The number of carbonyl (C=O) groups is 1. The molecule has 1 atom stereocenters. The molecule has 0 bridgehead atoms. The molecule has 6 nitrogen and oxygen atoms in total. The Labute approximate surface area is 159 Å². The fourth-order valence-electron chi connectivity index (χ4n) is 3.28. The van der Waals surface area contributed by atoms with E-state index in [1.807, 2.05) is 32.0 Å². The molecule has 0 spiro atoms. The van der Waals surface area contributed by atoms with Gasteiger partial charge in [0.15, 0.2) is 0 Å². The summed E-state index contributed by atoms with van der Waals surface area (Å²) in [6, 6.07) is 7.52. The van der Waals surface area contributed by atoms with E-state index in [4.69, 9.17) is 17.3 Å². The van der Waals surface area contributed by atoms with Gasteiger partial charge in [-0.3, -0.25) is 4.79 Å². The number of para-hydroxylation sites is 1. The third-order valence-electron chi connectivity index (χ3n) is 5.02. The lowest BCUT2D eigenvalue weighted by Crippen LogP contribution is -2.54. The molecule has 1 aliphatic rings. The van der Waals surface area contributed by atoms with Crippen molar-refractivity contribution in [1.29, 1.82) is 0 Å². The van der Waals surface area contributed by atoms with Crippen molar-refractivity contribution in [3.05, 3.63) is 40.9 Å². The third-order valence-corrected chi connectivity index (χ3v) is 5.34. The zero-order valence-electron chi connectivity index (χ0n) is 15.7. The average Bonchev–Trinajstić information content (AvgIpc) is 3.02. The van der Waals surface area contributed by atoms with E-state index in [9.17, 15) is 4.79 Å². The van der Waals surface area contributed by atoms with Crippen LogP contribution in [0.15, 0.2) is 24.3 Å². The van der Waals surface area contributed by atoms with Crippen LogP contribution in [0.3, 0.4) is 0 Å². The Morgan fingerprint density at radius 1 is 1.35 bits per heavy atom. The van der Waals surface area contributed by atoms with Gasteiger partial charge in [-0.2, -0.15) is 0 Å². The highest BCUT2D eigenvalue weighted by molar-refractivity contribution is 6.32. The summed E-state index contributed by atoms with van der Waals surface area (Å²) < 4.78 is 1.68. The third kappa shape index (κ3) is 3.48. The first kappa shape index (κ1) is 18.9. The zero-order valence-corrected chi connectivity index (χ0v) is 16.5. The second-order valence-corrected chi connectivity index (χ2v) is 8.33. The summed E-state index contributed by atoms with van der Waals surface area (Å²) in [5.41, 5.74) is 6.79. The minimum atomic E-state index is -0.155. The molecule has 26 heavy (non-hydrogen) atoms. The van der Waals surface area contributed by atoms with Crippen LogP contribution in [-0.4, -0.2) is 44.7 Å². The topological polar surface area (TPSA) is 77.0 Å². The number of piperidine rings is 1. The SMILES string of the molecule is CC(C)c1nc(C(=O)N2CCC(N)C(C)(C)C2)nn1-c1ccccc1Cl. The van der Waals surface area contributed by atoms with Crippen LogP contribution in [0, 0.1) is 5.41 Å². The Balaban J connectivity index is 1.95. The molecule has 2 aromatic rings. The number of benzene rings is 1. The Bertz CT molecular complexity index is 814. The summed E-state index contributed by atoms with van der Waals surface area (Å²) in [6.45, 7) is 9.45. The zero-order chi connectivity index (χ0) is 19.1. The summed E-state index contributed by atoms with van der Waals surface area (Å²) in [6.07, 6.45) is 0.779. The van der Waals surface area contributed by atoms with Gasteiger partial charge in [0, 0.05) is 25.0 Å². The van der Waals surface area contributed by atoms with Crippen molar-refractivity contribution in [3.8, 4) is 5.69 Å². The van der Waals surface area contributed by atoms with E-state index < -0.39 is 0 Å². The summed E-state index contributed by atoms with van der Waals surface area (Å²) in [5.74, 6) is 0.874. The van der Waals surface area contributed by atoms with E-state index in [1.165, 1.54) is 0 Å². The monoisotopic (exact) mass is 375 g/mol. The number of amides is 1. The molecule has 0 radical (unpaired) electrons. The standard InChI is InChI=1S/C19H26ClN5O/c1-12(2)17-22-16(23-25(17)14-8-6-5-7-13(14)20)18(26)24-10-9-15(21)19(3,4)11-24/h5-8,12,15H,9-11,21H2,1-4H3. The molecule has 1 unspecified atom stereocenters. The first-order chi connectivity index (χ1) is 12.2. The molecule has 0 aliphatic carbocycles. The molecular formula is C19H26ClN5O. The number of halogens is 1. The van der Waals surface area contributed by atoms with Crippen LogP contribution in [0.4, 0.5) is 0 Å². The van der Waals surface area contributed by atoms with Crippen molar-refractivity contribution in [2.24, 2.45) is 11.1 Å². The van der Waals surface area contributed by atoms with Gasteiger partial charge in [-0.1, -0.05) is 51.4 Å². The van der Waals surface area contributed by atoms with E-state index in [1.54, 1.807) is 15.6 Å². The molecule has 1 aromatic heterocycles. The average molecular weight is 376 g/mol. The summed E-state index contributed by atoms with van der Waals surface area (Å²) >= 11 is 6.33. The minimum Gasteiger partial charge on any atom is -0.335 e. The van der Waals surface area contributed by atoms with E-state index in [2.05, 4.69) is 23.9 Å². The molecule has 1 fully saturated rings. The Hall–Kier alpha value is -1.92. The van der Waals surface area contributed by atoms with E-state index in [-0.39, 0.29) is 29.1 Å². The summed E-state index contributed by atoms with van der Waals surface area (Å²) in [7, 11) is 0. The quantitative estimate of drug-likeness (QED) is 0.893. The van der Waals surface area contributed by atoms with Gasteiger partial charge >= 0.3 is 0 Å². The van der Waals surface area contributed by atoms with Crippen molar-refractivity contribution in [2.45, 2.75) is 46.1 Å². The number of carbonyl (C=O) groups excluding carboxylic acids is 1. The lowest BCUT2D eigenvalue weighted by Gasteiger charge is -2.42. The van der Waals surface area contributed by atoms with E-state index in [0.717, 1.165) is 17.9 Å². The second-order valence-electron chi connectivity index (χ2n) is 7.92. The van der Waals surface area contributed by atoms with Gasteiger partial charge in [0.25, 0.3) is 5.91 Å². The number of nitrogens with zero attached hydrogens (tertiary/aromatic N) is 4. The van der Waals surface area contributed by atoms with Crippen LogP contribution in [0.25, 0.3) is 5.69 Å². The van der Waals surface area contributed by atoms with Crippen LogP contribution in [0.1, 0.15) is 56.5 Å². The first-order valence-electron chi connectivity index (χ1n) is 8.97. The van der Waals surface area contributed by atoms with E-state index in [0.29, 0.717) is 18.1 Å². The smallest absolute Gasteiger partial charge is 0.293 e. The van der Waals surface area contributed by atoms with Crippen molar-refractivity contribution in [1.82, 2.24) is 19.7 Å². The highest BCUT2D eigenvalue weighted by Crippen LogP contribution is 2.29. The Kier molecular flexibility index (Phi) is 5.08. The Morgan fingerprint density at radius 2 is 2.04 bits per heavy atom. The molecule has 1 amide bonds. The maximum atomic E-state index is 13.0. The highest BCUT2D eigenvalue weighted by atomic mass is 35.5. The molecular weight excluding hydrogens is 350 g/mol. The van der Waals surface area contributed by atoms with Crippen LogP contribution in [-0.2, 0) is 0 Å². The van der Waals surface area contributed by atoms with Crippen molar-refractivity contribution in [2.75, 3.05) is 13.1 Å². The van der Waals surface area contributed by atoms with Gasteiger partial charge < -0.3 is 10.6 Å². The number of nitrogens with two attached hydrogens (primary N) is 1. The number of hydrogen-bond donors (Lipinski definition) is 1. The molecule has 1 saturated heterocycles. The fourth-order valence-corrected chi connectivity index (χ4v) is 3.49. The van der Waals surface area contributed by atoms with Crippen LogP contribution in [0.5, 0.6) is 0 Å². The van der Waals surface area contributed by atoms with Crippen molar-refractivity contribution in [3.63, 3.8) is 0 Å². The number of aromatic nitrogens is 3. The fraction of sp³-hybridized carbons (Fsp3) is 0.526. The van der Waals surface area contributed by atoms with Crippen molar-refractivity contribution < 1.29 is 4.79 Å². The van der Waals surface area contributed by atoms with Gasteiger partial charge in [-0.25, -0.2) is 9.67 Å². The molecule has 1 aliphatic heterocycles. The molecule has 2 heterocycles. The maximum absolute atomic E-state index is 13.0. The number of hydrogen-bond acceptors (Lipinski definition) is 4. The molecule has 3 rings (SSSR count). The lowest BCUT2D eigenvalue weighted by molar-refractivity contribution is 0.0521. The molecule has 1 aromatic carbocycles. The van der Waals surface area contributed by atoms with Crippen molar-refractivity contribution >= 4 is 17.5 Å². The highest BCUT2D eigenvalue weighted by Gasteiger charge is 2.37. The number of likely N-dealkylation sites (tertiary alicyclic amines) is 1. The molecule has 140 valence electrons. The van der Waals surface area contributed by atoms with E-state index >= 15 is 0 Å². The summed E-state index contributed by atoms with van der Waals surface area (Å²) in [5, 5.41) is 5.08.